The number of rotatable bonds is 9. The average Bonchev–Trinajstić information content (AvgIpc) is 3.39. The monoisotopic (exact) mass is 516 g/mol. The first-order valence-corrected chi connectivity index (χ1v) is 13.6. The number of methoxy groups -OCH3 is 1. The minimum Gasteiger partial charge on any atom is -0.488 e. The second-order valence-corrected chi connectivity index (χ2v) is 10.4. The number of likely N-dealkylation sites (tertiary alicyclic amines) is 1. The van der Waals surface area contributed by atoms with Gasteiger partial charge in [0.2, 0.25) is 0 Å². The Kier molecular flexibility index (Phi) is 7.72. The van der Waals surface area contributed by atoms with Crippen LogP contribution in [0.2, 0.25) is 0 Å². The summed E-state index contributed by atoms with van der Waals surface area (Å²) in [7, 11) is 1.67. The molecular formula is C30H32N2O4S. The van der Waals surface area contributed by atoms with Crippen molar-refractivity contribution in [3.8, 4) is 17.2 Å². The fourth-order valence-electron chi connectivity index (χ4n) is 4.55. The summed E-state index contributed by atoms with van der Waals surface area (Å²) < 4.78 is 17.8. The van der Waals surface area contributed by atoms with Crippen LogP contribution in [0.15, 0.2) is 60.1 Å². The van der Waals surface area contributed by atoms with E-state index in [2.05, 4.69) is 29.3 Å². The highest BCUT2D eigenvalue weighted by Crippen LogP contribution is 2.37. The molecule has 0 bridgehead atoms. The fraction of sp³-hybridized carbons (Fsp3) is 0.333. The zero-order chi connectivity index (χ0) is 25.8. The SMILES string of the molecule is COCC(C)Oc1cc(Oc2ccc(C(=O)N3CCC3)cc2C)cc(C2=CC=C(c3nccs3)CC2)c1. The van der Waals surface area contributed by atoms with Crippen LogP contribution in [-0.2, 0) is 4.74 Å². The number of aryl methyl sites for hydroxylation is 1. The zero-order valence-corrected chi connectivity index (χ0v) is 22.3. The van der Waals surface area contributed by atoms with Gasteiger partial charge in [0.1, 0.15) is 28.4 Å². The Morgan fingerprint density at radius 2 is 1.86 bits per heavy atom. The van der Waals surface area contributed by atoms with E-state index < -0.39 is 0 Å². The molecule has 5 rings (SSSR count). The third kappa shape index (κ3) is 5.95. The van der Waals surface area contributed by atoms with E-state index in [0.717, 1.165) is 60.0 Å². The Labute approximate surface area is 222 Å². The molecule has 0 radical (unpaired) electrons. The first kappa shape index (κ1) is 25.2. The highest BCUT2D eigenvalue weighted by Gasteiger charge is 2.22. The molecule has 192 valence electrons. The standard InChI is InChI=1S/C30H32N2O4S/c1-20-15-24(30(33)32-12-4-13-32)9-10-28(20)36-27-17-25(16-26(18-27)35-21(2)19-34-3)22-5-7-23(8-6-22)29-31-11-14-37-29/h5,7,9-11,14-18,21H,4,6,8,12-13,19H2,1-3H3. The van der Waals surface area contributed by atoms with Gasteiger partial charge >= 0.3 is 0 Å². The lowest BCUT2D eigenvalue weighted by molar-refractivity contribution is 0.0651. The van der Waals surface area contributed by atoms with Crippen LogP contribution in [0.3, 0.4) is 0 Å². The summed E-state index contributed by atoms with van der Waals surface area (Å²) >= 11 is 1.67. The largest absolute Gasteiger partial charge is 0.488 e. The van der Waals surface area contributed by atoms with E-state index in [0.29, 0.717) is 17.9 Å². The van der Waals surface area contributed by atoms with Gasteiger partial charge in [-0.15, -0.1) is 11.3 Å². The van der Waals surface area contributed by atoms with Gasteiger partial charge in [-0.05, 0) is 85.7 Å². The summed E-state index contributed by atoms with van der Waals surface area (Å²) in [5.41, 5.74) is 5.17. The number of thiazole rings is 1. The molecule has 2 aliphatic rings. The number of nitrogens with zero attached hydrogens (tertiary/aromatic N) is 2. The van der Waals surface area contributed by atoms with Crippen LogP contribution in [0.4, 0.5) is 0 Å². The molecule has 6 nitrogen and oxygen atoms in total. The van der Waals surface area contributed by atoms with Crippen molar-refractivity contribution in [2.45, 2.75) is 39.2 Å². The second kappa shape index (κ2) is 11.3. The maximum atomic E-state index is 12.6. The predicted molar refractivity (Wildman–Crippen MR) is 147 cm³/mol. The lowest BCUT2D eigenvalue weighted by Crippen LogP contribution is -2.42. The number of allylic oxidation sites excluding steroid dienone is 4. The number of benzene rings is 2. The summed E-state index contributed by atoms with van der Waals surface area (Å²) in [5, 5.41) is 3.09. The molecule has 2 aromatic carbocycles. The molecule has 2 heterocycles. The quantitative estimate of drug-likeness (QED) is 0.314. The Morgan fingerprint density at radius 1 is 1.08 bits per heavy atom. The summed E-state index contributed by atoms with van der Waals surface area (Å²) in [6, 6.07) is 11.7. The fourth-order valence-corrected chi connectivity index (χ4v) is 5.24. The van der Waals surface area contributed by atoms with Gasteiger partial charge in [-0.3, -0.25) is 4.79 Å². The van der Waals surface area contributed by atoms with E-state index in [9.17, 15) is 4.79 Å². The van der Waals surface area contributed by atoms with Crippen LogP contribution in [-0.4, -0.2) is 48.7 Å². The number of aromatic nitrogens is 1. The van der Waals surface area contributed by atoms with Crippen LogP contribution in [0.5, 0.6) is 17.2 Å². The molecule has 7 heteroatoms. The summed E-state index contributed by atoms with van der Waals surface area (Å²) in [6.45, 7) is 6.12. The molecule has 1 amide bonds. The van der Waals surface area contributed by atoms with E-state index in [1.165, 1.54) is 11.1 Å². The maximum absolute atomic E-state index is 12.6. The van der Waals surface area contributed by atoms with Crippen molar-refractivity contribution in [3.63, 3.8) is 0 Å². The van der Waals surface area contributed by atoms with E-state index in [1.54, 1.807) is 18.4 Å². The number of hydrogen-bond acceptors (Lipinski definition) is 6. The number of hydrogen-bond donors (Lipinski definition) is 0. The highest BCUT2D eigenvalue weighted by atomic mass is 32.1. The van der Waals surface area contributed by atoms with Crippen LogP contribution in [0.1, 0.15) is 52.7 Å². The minimum atomic E-state index is -0.0987. The van der Waals surface area contributed by atoms with Gasteiger partial charge in [-0.2, -0.15) is 0 Å². The molecule has 1 aliphatic heterocycles. The molecule has 1 aromatic heterocycles. The Bertz CT molecular complexity index is 1330. The van der Waals surface area contributed by atoms with E-state index in [-0.39, 0.29) is 12.0 Å². The van der Waals surface area contributed by atoms with Crippen molar-refractivity contribution < 1.29 is 19.0 Å². The number of ether oxygens (including phenoxy) is 3. The summed E-state index contributed by atoms with van der Waals surface area (Å²) in [6.07, 6.45) is 9.01. The molecular weight excluding hydrogens is 484 g/mol. The van der Waals surface area contributed by atoms with E-state index >= 15 is 0 Å². The van der Waals surface area contributed by atoms with Crippen molar-refractivity contribution in [1.29, 1.82) is 0 Å². The smallest absolute Gasteiger partial charge is 0.253 e. The third-order valence-corrected chi connectivity index (χ3v) is 7.49. The first-order valence-electron chi connectivity index (χ1n) is 12.7. The number of amides is 1. The first-order chi connectivity index (χ1) is 18.0. The molecule has 1 aliphatic carbocycles. The molecule has 1 fully saturated rings. The van der Waals surface area contributed by atoms with Crippen LogP contribution in [0, 0.1) is 6.92 Å². The second-order valence-electron chi connectivity index (χ2n) is 9.53. The van der Waals surface area contributed by atoms with Crippen molar-refractivity contribution in [2.75, 3.05) is 26.8 Å². The van der Waals surface area contributed by atoms with Crippen LogP contribution >= 0.6 is 11.3 Å². The number of carbonyl (C=O) groups is 1. The van der Waals surface area contributed by atoms with Crippen molar-refractivity contribution in [1.82, 2.24) is 9.88 Å². The molecule has 1 unspecified atom stereocenters. The van der Waals surface area contributed by atoms with Gasteiger partial charge in [-0.25, -0.2) is 4.98 Å². The predicted octanol–water partition coefficient (Wildman–Crippen LogP) is 6.76. The highest BCUT2D eigenvalue weighted by molar-refractivity contribution is 7.10. The normalized spacial score (nSPS) is 15.9. The Morgan fingerprint density at radius 3 is 2.51 bits per heavy atom. The molecule has 0 saturated carbocycles. The zero-order valence-electron chi connectivity index (χ0n) is 21.5. The molecule has 0 spiro atoms. The lowest BCUT2D eigenvalue weighted by Gasteiger charge is -2.31. The average molecular weight is 517 g/mol. The van der Waals surface area contributed by atoms with Crippen molar-refractivity contribution in [2.24, 2.45) is 0 Å². The van der Waals surface area contributed by atoms with Gasteiger partial charge in [0.25, 0.3) is 5.91 Å². The maximum Gasteiger partial charge on any atom is 0.253 e. The van der Waals surface area contributed by atoms with E-state index in [1.807, 2.05) is 54.6 Å². The van der Waals surface area contributed by atoms with E-state index in [4.69, 9.17) is 14.2 Å². The summed E-state index contributed by atoms with van der Waals surface area (Å²) in [5.74, 6) is 2.23. The third-order valence-electron chi connectivity index (χ3n) is 6.64. The van der Waals surface area contributed by atoms with Gasteiger partial charge in [-0.1, -0.05) is 12.2 Å². The molecule has 1 atom stereocenters. The van der Waals surface area contributed by atoms with Crippen LogP contribution in [0.25, 0.3) is 11.1 Å². The van der Waals surface area contributed by atoms with Crippen molar-refractivity contribution >= 4 is 28.4 Å². The molecule has 1 saturated heterocycles. The van der Waals surface area contributed by atoms with Gasteiger partial charge < -0.3 is 19.1 Å². The Hall–Kier alpha value is -3.42. The van der Waals surface area contributed by atoms with Gasteiger partial charge in [0.05, 0.1) is 6.61 Å². The molecule has 3 aromatic rings. The summed E-state index contributed by atoms with van der Waals surface area (Å²) in [4.78, 5) is 18.9. The molecule has 0 N–H and O–H groups in total. The Balaban J connectivity index is 1.41. The van der Waals surface area contributed by atoms with Gasteiger partial charge in [0.15, 0.2) is 0 Å². The van der Waals surface area contributed by atoms with Crippen LogP contribution < -0.4 is 9.47 Å². The van der Waals surface area contributed by atoms with Crippen molar-refractivity contribution in [3.05, 3.63) is 81.8 Å². The minimum absolute atomic E-state index is 0.0834. The lowest BCUT2D eigenvalue weighted by atomic mass is 9.93. The topological polar surface area (TPSA) is 60.9 Å². The molecule has 37 heavy (non-hydrogen) atoms. The van der Waals surface area contributed by atoms with Gasteiger partial charge in [0, 0.05) is 43.4 Å². The number of carbonyl (C=O) groups excluding carboxylic acids is 1.